The molecule has 0 saturated heterocycles. The summed E-state index contributed by atoms with van der Waals surface area (Å²) in [5.41, 5.74) is 2.54. The van der Waals surface area contributed by atoms with Crippen LogP contribution >= 0.6 is 0 Å². The van der Waals surface area contributed by atoms with E-state index >= 15 is 0 Å². The van der Waals surface area contributed by atoms with Gasteiger partial charge in [-0.25, -0.2) is 0 Å². The zero-order valence-electron chi connectivity index (χ0n) is 11.1. The van der Waals surface area contributed by atoms with E-state index in [-0.39, 0.29) is 12.0 Å². The highest BCUT2D eigenvalue weighted by atomic mass is 16.1. The number of nitrogens with zero attached hydrogens (tertiary/aromatic N) is 1. The van der Waals surface area contributed by atoms with Gasteiger partial charge in [-0.1, -0.05) is 32.0 Å². The molecule has 1 aliphatic heterocycles. The van der Waals surface area contributed by atoms with E-state index in [0.717, 1.165) is 6.42 Å². The molecule has 0 aliphatic carbocycles. The number of anilines is 1. The van der Waals surface area contributed by atoms with E-state index in [9.17, 15) is 4.79 Å². The maximum Gasteiger partial charge on any atom is 0.158 e. The third-order valence-electron chi connectivity index (χ3n) is 3.47. The minimum absolute atomic E-state index is 0.0346. The van der Waals surface area contributed by atoms with Crippen molar-refractivity contribution in [2.75, 3.05) is 4.90 Å². The van der Waals surface area contributed by atoms with Gasteiger partial charge in [0.15, 0.2) is 5.78 Å². The second-order valence-corrected chi connectivity index (χ2v) is 5.41. The molecular formula is C15H21NO. The van der Waals surface area contributed by atoms with Gasteiger partial charge in [0.1, 0.15) is 0 Å². The molecule has 1 aromatic carbocycles. The molecule has 0 bridgehead atoms. The Kier molecular flexibility index (Phi) is 3.23. The van der Waals surface area contributed by atoms with Crippen LogP contribution in [0.2, 0.25) is 0 Å². The summed E-state index contributed by atoms with van der Waals surface area (Å²) in [6.07, 6.45) is 0.866. The molecule has 0 spiro atoms. The van der Waals surface area contributed by atoms with Crippen molar-refractivity contribution in [1.29, 1.82) is 0 Å². The lowest BCUT2D eigenvalue weighted by Crippen LogP contribution is -2.44. The predicted molar refractivity (Wildman–Crippen MR) is 71.4 cm³/mol. The molecule has 0 fully saturated rings. The monoisotopic (exact) mass is 231 g/mol. The second-order valence-electron chi connectivity index (χ2n) is 5.41. The van der Waals surface area contributed by atoms with Crippen LogP contribution in [0, 0.1) is 5.92 Å². The van der Waals surface area contributed by atoms with Crippen LogP contribution in [0.4, 0.5) is 5.69 Å². The summed E-state index contributed by atoms with van der Waals surface area (Å²) in [5, 5.41) is 0. The molecule has 0 radical (unpaired) electrons. The normalized spacial score (nSPS) is 18.9. The van der Waals surface area contributed by atoms with Crippen LogP contribution in [-0.4, -0.2) is 17.9 Å². The fourth-order valence-corrected chi connectivity index (χ4v) is 2.67. The highest BCUT2D eigenvalue weighted by molar-refractivity contribution is 5.91. The average molecular weight is 231 g/mol. The molecule has 17 heavy (non-hydrogen) atoms. The van der Waals surface area contributed by atoms with Gasteiger partial charge in [0.2, 0.25) is 0 Å². The van der Waals surface area contributed by atoms with E-state index in [1.165, 1.54) is 11.3 Å². The van der Waals surface area contributed by atoms with Gasteiger partial charge < -0.3 is 4.90 Å². The molecule has 1 aliphatic rings. The van der Waals surface area contributed by atoms with Crippen molar-refractivity contribution in [3.8, 4) is 0 Å². The van der Waals surface area contributed by atoms with E-state index < -0.39 is 0 Å². The first-order valence-electron chi connectivity index (χ1n) is 6.42. The molecule has 1 atom stereocenters. The first-order valence-corrected chi connectivity index (χ1v) is 6.42. The minimum Gasteiger partial charge on any atom is -0.358 e. The van der Waals surface area contributed by atoms with Gasteiger partial charge in [0.25, 0.3) is 0 Å². The smallest absolute Gasteiger partial charge is 0.158 e. The van der Waals surface area contributed by atoms with Gasteiger partial charge >= 0.3 is 0 Å². The van der Waals surface area contributed by atoms with Crippen LogP contribution in [0.1, 0.15) is 33.3 Å². The second kappa shape index (κ2) is 4.52. The van der Waals surface area contributed by atoms with Crippen molar-refractivity contribution < 1.29 is 4.79 Å². The van der Waals surface area contributed by atoms with Crippen LogP contribution in [0.25, 0.3) is 0 Å². The molecule has 1 heterocycles. The van der Waals surface area contributed by atoms with E-state index in [1.807, 2.05) is 13.8 Å². The third kappa shape index (κ3) is 2.08. The zero-order valence-corrected chi connectivity index (χ0v) is 11.1. The highest BCUT2D eigenvalue weighted by Gasteiger charge is 2.36. The molecule has 0 saturated carbocycles. The summed E-state index contributed by atoms with van der Waals surface area (Å²) in [6, 6.07) is 8.77. The summed E-state index contributed by atoms with van der Waals surface area (Å²) in [6.45, 7) is 8.29. The number of carbonyl (C=O) groups is 1. The number of fused-ring (bicyclic) bond motifs is 1. The Balaban J connectivity index is 2.36. The number of rotatable bonds is 3. The minimum atomic E-state index is 0.0346. The first-order chi connectivity index (χ1) is 8.02. The average Bonchev–Trinajstić information content (AvgIpc) is 2.66. The summed E-state index contributed by atoms with van der Waals surface area (Å²) >= 11 is 0. The Morgan fingerprint density at radius 3 is 2.47 bits per heavy atom. The van der Waals surface area contributed by atoms with Crippen LogP contribution in [-0.2, 0) is 11.2 Å². The van der Waals surface area contributed by atoms with Crippen LogP contribution in [0.15, 0.2) is 24.3 Å². The fourth-order valence-electron chi connectivity index (χ4n) is 2.67. The molecule has 2 heteroatoms. The predicted octanol–water partition coefficient (Wildman–Crippen LogP) is 3.05. The van der Waals surface area contributed by atoms with E-state index in [1.54, 1.807) is 0 Å². The van der Waals surface area contributed by atoms with E-state index in [0.29, 0.717) is 11.8 Å². The first kappa shape index (κ1) is 12.2. The Bertz CT molecular complexity index is 423. The van der Waals surface area contributed by atoms with Crippen molar-refractivity contribution >= 4 is 11.5 Å². The fraction of sp³-hybridized carbons (Fsp3) is 0.533. The van der Waals surface area contributed by atoms with Crippen molar-refractivity contribution in [1.82, 2.24) is 0 Å². The molecule has 92 valence electrons. The number of benzene rings is 1. The summed E-state index contributed by atoms with van der Waals surface area (Å²) < 4.78 is 0. The third-order valence-corrected chi connectivity index (χ3v) is 3.47. The standard InChI is InChI=1S/C15H21NO/c1-10(2)15(17)14-9-12-7-5-6-8-13(12)16(14)11(3)4/h5-8,10-11,14H,9H2,1-4H3. The molecule has 1 aromatic rings. The lowest BCUT2D eigenvalue weighted by Gasteiger charge is -2.31. The van der Waals surface area contributed by atoms with Gasteiger partial charge in [0.05, 0.1) is 6.04 Å². The largest absolute Gasteiger partial charge is 0.358 e. The molecule has 2 rings (SSSR count). The molecule has 1 unspecified atom stereocenters. The van der Waals surface area contributed by atoms with Crippen molar-refractivity contribution in [3.63, 3.8) is 0 Å². The number of hydrogen-bond acceptors (Lipinski definition) is 2. The Morgan fingerprint density at radius 2 is 1.88 bits per heavy atom. The van der Waals surface area contributed by atoms with Crippen molar-refractivity contribution in [2.45, 2.75) is 46.2 Å². The maximum atomic E-state index is 12.3. The zero-order chi connectivity index (χ0) is 12.6. The van der Waals surface area contributed by atoms with Crippen LogP contribution < -0.4 is 4.90 Å². The quantitative estimate of drug-likeness (QED) is 0.797. The Morgan fingerprint density at radius 1 is 1.24 bits per heavy atom. The number of para-hydroxylation sites is 1. The molecule has 2 nitrogen and oxygen atoms in total. The molecule has 0 N–H and O–H groups in total. The maximum absolute atomic E-state index is 12.3. The number of ketones is 1. The molecule has 0 aromatic heterocycles. The van der Waals surface area contributed by atoms with E-state index in [2.05, 4.69) is 43.0 Å². The molecular weight excluding hydrogens is 210 g/mol. The lowest BCUT2D eigenvalue weighted by atomic mass is 9.98. The van der Waals surface area contributed by atoms with Gasteiger partial charge in [-0.3, -0.25) is 4.79 Å². The molecule has 0 amide bonds. The SMILES string of the molecule is CC(C)C(=O)C1Cc2ccccc2N1C(C)C. The number of Topliss-reactive ketones (excluding diaryl/α,β-unsaturated/α-hetero) is 1. The Hall–Kier alpha value is -1.31. The lowest BCUT2D eigenvalue weighted by molar-refractivity contribution is -0.123. The van der Waals surface area contributed by atoms with Crippen molar-refractivity contribution in [2.24, 2.45) is 5.92 Å². The van der Waals surface area contributed by atoms with Crippen molar-refractivity contribution in [3.05, 3.63) is 29.8 Å². The topological polar surface area (TPSA) is 20.3 Å². The van der Waals surface area contributed by atoms with Crippen LogP contribution in [0.5, 0.6) is 0 Å². The summed E-state index contributed by atoms with van der Waals surface area (Å²) in [5.74, 6) is 0.463. The van der Waals surface area contributed by atoms with Gasteiger partial charge in [-0.2, -0.15) is 0 Å². The number of carbonyl (C=O) groups excluding carboxylic acids is 1. The summed E-state index contributed by atoms with van der Waals surface area (Å²) in [7, 11) is 0. The van der Waals surface area contributed by atoms with Gasteiger partial charge in [-0.05, 0) is 25.5 Å². The number of hydrogen-bond donors (Lipinski definition) is 0. The van der Waals surface area contributed by atoms with Gasteiger partial charge in [-0.15, -0.1) is 0 Å². The summed E-state index contributed by atoms with van der Waals surface area (Å²) in [4.78, 5) is 14.6. The van der Waals surface area contributed by atoms with Gasteiger partial charge in [0, 0.05) is 24.1 Å². The highest BCUT2D eigenvalue weighted by Crippen LogP contribution is 2.34. The van der Waals surface area contributed by atoms with Crippen LogP contribution in [0.3, 0.4) is 0 Å². The van der Waals surface area contributed by atoms with E-state index in [4.69, 9.17) is 0 Å². The Labute approximate surface area is 104 Å².